The molecule has 2 heterocycles. The number of carbonyl (C=O) groups is 2. The average Bonchev–Trinajstić information content (AvgIpc) is 3.38. The summed E-state index contributed by atoms with van der Waals surface area (Å²) in [5.74, 6) is -5.67. The monoisotopic (exact) mass is 492 g/mol. The molecule has 0 aliphatic carbocycles. The van der Waals surface area contributed by atoms with Crippen molar-refractivity contribution in [2.24, 2.45) is 0 Å². The van der Waals surface area contributed by atoms with Gasteiger partial charge >= 0.3 is 5.92 Å². The molecule has 1 aliphatic rings. The number of halogens is 3. The fourth-order valence-corrected chi connectivity index (χ4v) is 4.82. The van der Waals surface area contributed by atoms with Crippen LogP contribution in [0, 0.1) is 5.82 Å². The molecule has 2 amide bonds. The van der Waals surface area contributed by atoms with Crippen LogP contribution >= 0.6 is 0 Å². The van der Waals surface area contributed by atoms with Gasteiger partial charge in [-0.2, -0.15) is 13.9 Å². The Balaban J connectivity index is 1.58. The summed E-state index contributed by atoms with van der Waals surface area (Å²) in [7, 11) is 0. The van der Waals surface area contributed by atoms with Gasteiger partial charge in [0.2, 0.25) is 5.91 Å². The number of nitrogens with one attached hydrogen (secondary N) is 1. The van der Waals surface area contributed by atoms with Crippen LogP contribution in [-0.4, -0.2) is 33.6 Å². The Morgan fingerprint density at radius 1 is 1.06 bits per heavy atom. The summed E-state index contributed by atoms with van der Waals surface area (Å²) in [6.45, 7) is 2.29. The fourth-order valence-electron chi connectivity index (χ4n) is 4.82. The van der Waals surface area contributed by atoms with Crippen LogP contribution < -0.4 is 10.2 Å². The predicted molar refractivity (Wildman–Crippen MR) is 129 cm³/mol. The molecule has 1 saturated heterocycles. The van der Waals surface area contributed by atoms with E-state index in [9.17, 15) is 22.8 Å². The lowest BCUT2D eigenvalue weighted by molar-refractivity contribution is -0.144. The highest BCUT2D eigenvalue weighted by atomic mass is 19.3. The van der Waals surface area contributed by atoms with Crippen LogP contribution in [0.4, 0.5) is 18.9 Å². The van der Waals surface area contributed by atoms with E-state index in [1.54, 1.807) is 77.3 Å². The van der Waals surface area contributed by atoms with Crippen molar-refractivity contribution >= 4 is 28.4 Å². The summed E-state index contributed by atoms with van der Waals surface area (Å²) in [5, 5.41) is 7.54. The molecule has 1 aromatic heterocycles. The Labute approximate surface area is 205 Å². The van der Waals surface area contributed by atoms with Crippen LogP contribution in [0.3, 0.4) is 0 Å². The number of aromatic nitrogens is 2. The van der Waals surface area contributed by atoms with E-state index in [4.69, 9.17) is 0 Å². The molecule has 36 heavy (non-hydrogen) atoms. The number of hydrogen-bond donors (Lipinski definition) is 1. The number of fused-ring (bicyclic) bond motifs is 1. The lowest BCUT2D eigenvalue weighted by atomic mass is 9.84. The van der Waals surface area contributed by atoms with E-state index in [0.29, 0.717) is 23.9 Å². The third-order valence-corrected chi connectivity index (χ3v) is 6.71. The van der Waals surface area contributed by atoms with Crippen molar-refractivity contribution in [2.75, 3.05) is 4.90 Å². The molecule has 4 aromatic rings. The summed E-state index contributed by atoms with van der Waals surface area (Å²) in [5.41, 5.74) is 1.53. The van der Waals surface area contributed by atoms with Gasteiger partial charge in [-0.15, -0.1) is 0 Å². The maximum absolute atomic E-state index is 13.7. The first-order valence-corrected chi connectivity index (χ1v) is 11.4. The first-order valence-electron chi connectivity index (χ1n) is 11.4. The van der Waals surface area contributed by atoms with Crippen LogP contribution in [0.2, 0.25) is 0 Å². The van der Waals surface area contributed by atoms with Crippen LogP contribution in [0.15, 0.2) is 79.0 Å². The van der Waals surface area contributed by atoms with Crippen molar-refractivity contribution in [3.8, 4) is 5.69 Å². The number of hydrogen-bond acceptors (Lipinski definition) is 3. The molecule has 0 unspecified atom stereocenters. The number of anilines is 1. The van der Waals surface area contributed by atoms with E-state index >= 15 is 0 Å². The van der Waals surface area contributed by atoms with Gasteiger partial charge in [-0.1, -0.05) is 30.3 Å². The molecule has 9 heteroatoms. The van der Waals surface area contributed by atoms with Crippen molar-refractivity contribution in [3.05, 3.63) is 90.4 Å². The summed E-state index contributed by atoms with van der Waals surface area (Å²) < 4.78 is 42.5. The molecule has 2 atom stereocenters. The molecule has 1 N–H and O–H groups in total. The molecule has 5 rings (SSSR count). The molecule has 6 nitrogen and oxygen atoms in total. The lowest BCUT2D eigenvalue weighted by Crippen LogP contribution is -2.55. The van der Waals surface area contributed by atoms with Crippen LogP contribution in [0.1, 0.15) is 25.8 Å². The van der Waals surface area contributed by atoms with Crippen molar-refractivity contribution in [1.82, 2.24) is 15.1 Å². The number of carbonyl (C=O) groups excluding carboxylic acids is 2. The van der Waals surface area contributed by atoms with Gasteiger partial charge < -0.3 is 10.2 Å². The molecule has 3 aromatic carbocycles. The molecule has 0 radical (unpaired) electrons. The largest absolute Gasteiger partial charge is 0.345 e. The first-order chi connectivity index (χ1) is 17.1. The molecule has 184 valence electrons. The van der Waals surface area contributed by atoms with Gasteiger partial charge in [0.1, 0.15) is 5.82 Å². The van der Waals surface area contributed by atoms with E-state index in [-0.39, 0.29) is 18.1 Å². The Morgan fingerprint density at radius 3 is 2.39 bits per heavy atom. The number of alkyl halides is 2. The highest BCUT2D eigenvalue weighted by Crippen LogP contribution is 2.43. The highest BCUT2D eigenvalue weighted by Gasteiger charge is 2.53. The van der Waals surface area contributed by atoms with Crippen molar-refractivity contribution in [3.63, 3.8) is 0 Å². The van der Waals surface area contributed by atoms with Gasteiger partial charge in [-0.25, -0.2) is 9.07 Å². The zero-order chi connectivity index (χ0) is 25.7. The minimum Gasteiger partial charge on any atom is -0.345 e. The number of amides is 2. The Kier molecular flexibility index (Phi) is 5.58. The zero-order valence-electron chi connectivity index (χ0n) is 19.6. The summed E-state index contributed by atoms with van der Waals surface area (Å²) >= 11 is 0. The van der Waals surface area contributed by atoms with Crippen molar-refractivity contribution < 1.29 is 22.8 Å². The van der Waals surface area contributed by atoms with E-state index in [1.165, 1.54) is 12.1 Å². The van der Waals surface area contributed by atoms with E-state index < -0.39 is 23.4 Å². The topological polar surface area (TPSA) is 67.2 Å². The second kappa shape index (κ2) is 8.51. The number of nitrogens with zero attached hydrogens (tertiary/aromatic N) is 3. The molecular weight excluding hydrogens is 469 g/mol. The summed E-state index contributed by atoms with van der Waals surface area (Å²) in [6, 6.07) is 19.4. The predicted octanol–water partition coefficient (Wildman–Crippen LogP) is 4.96. The SMILES string of the molecule is CC(F)(F)C(=O)N[C@@H]1CC(=O)N(c2ccc3c(cnn3-c3ccc(F)cc3)c2)[C@@]1(C)c1ccccc1. The van der Waals surface area contributed by atoms with Gasteiger partial charge in [-0.3, -0.25) is 9.59 Å². The molecular formula is C27H23F3N4O2. The van der Waals surface area contributed by atoms with Crippen LogP contribution in [-0.2, 0) is 15.1 Å². The number of rotatable bonds is 5. The third-order valence-electron chi connectivity index (χ3n) is 6.71. The van der Waals surface area contributed by atoms with Crippen LogP contribution in [0.25, 0.3) is 16.6 Å². The normalized spacial score (nSPS) is 20.2. The maximum Gasteiger partial charge on any atom is 0.321 e. The highest BCUT2D eigenvalue weighted by molar-refractivity contribution is 6.01. The maximum atomic E-state index is 13.7. The van der Waals surface area contributed by atoms with Gasteiger partial charge in [0, 0.05) is 18.0 Å². The van der Waals surface area contributed by atoms with Gasteiger partial charge in [0.25, 0.3) is 5.91 Å². The second-order valence-electron chi connectivity index (χ2n) is 9.14. The molecule has 0 spiro atoms. The van der Waals surface area contributed by atoms with Gasteiger partial charge in [0.05, 0.1) is 35.4 Å². The fraction of sp³-hybridized carbons (Fsp3) is 0.222. The van der Waals surface area contributed by atoms with E-state index in [2.05, 4.69) is 10.4 Å². The Bertz CT molecular complexity index is 1450. The van der Waals surface area contributed by atoms with Gasteiger partial charge in [-0.05, 0) is 55.0 Å². The third kappa shape index (κ3) is 3.90. The summed E-state index contributed by atoms with van der Waals surface area (Å²) in [4.78, 5) is 27.1. The van der Waals surface area contributed by atoms with Crippen molar-refractivity contribution in [1.29, 1.82) is 0 Å². The lowest BCUT2D eigenvalue weighted by Gasteiger charge is -2.40. The molecule has 0 saturated carbocycles. The standard InChI is InChI=1S/C27H23F3N4O2/c1-26(18-6-4-3-5-7-18)23(32-25(36)27(2,29)30)15-24(35)33(26)21-12-13-22-17(14-21)16-31-34(22)20-10-8-19(28)9-11-20/h3-14,16,23H,15H2,1-2H3,(H,32,36)/t23-,26+/m1/s1. The van der Waals surface area contributed by atoms with E-state index in [1.807, 2.05) is 6.07 Å². The smallest absolute Gasteiger partial charge is 0.321 e. The van der Waals surface area contributed by atoms with E-state index in [0.717, 1.165) is 10.9 Å². The first kappa shape index (κ1) is 23.6. The van der Waals surface area contributed by atoms with Crippen LogP contribution in [0.5, 0.6) is 0 Å². The summed E-state index contributed by atoms with van der Waals surface area (Å²) in [6.07, 6.45) is 1.50. The average molecular weight is 493 g/mol. The van der Waals surface area contributed by atoms with Crippen molar-refractivity contribution in [2.45, 2.75) is 37.8 Å². The molecule has 1 aliphatic heterocycles. The zero-order valence-corrected chi connectivity index (χ0v) is 19.6. The Hall–Kier alpha value is -4.14. The minimum atomic E-state index is -3.58. The quantitative estimate of drug-likeness (QED) is 0.429. The van der Waals surface area contributed by atoms with Gasteiger partial charge in [0.15, 0.2) is 0 Å². The second-order valence-corrected chi connectivity index (χ2v) is 9.14. The minimum absolute atomic E-state index is 0.139. The molecule has 1 fully saturated rings. The molecule has 0 bridgehead atoms. The Morgan fingerprint density at radius 2 is 1.72 bits per heavy atom. The number of benzene rings is 3.